The summed E-state index contributed by atoms with van der Waals surface area (Å²) in [7, 11) is 0. The average Bonchev–Trinajstić information content (AvgIpc) is 3.55. The lowest BCUT2D eigenvalue weighted by atomic mass is 9.80. The van der Waals surface area contributed by atoms with Crippen LogP contribution in [0.1, 0.15) is 0 Å². The predicted molar refractivity (Wildman–Crippen MR) is 325 cm³/mol. The Morgan fingerprint density at radius 3 is 0.553 bits per heavy atom. The molecular formula is C76H50. The fourth-order valence-corrected chi connectivity index (χ4v) is 11.9. The smallest absolute Gasteiger partial charge is 0.00139 e. The van der Waals surface area contributed by atoms with Crippen LogP contribution < -0.4 is 0 Å². The van der Waals surface area contributed by atoms with Crippen LogP contribution in [0.5, 0.6) is 0 Å². The molecule has 0 amide bonds. The highest BCUT2D eigenvalue weighted by Crippen LogP contribution is 2.51. The molecule has 354 valence electrons. The summed E-state index contributed by atoms with van der Waals surface area (Å²) in [6.07, 6.45) is 0. The summed E-state index contributed by atoms with van der Waals surface area (Å²) in [5, 5.41) is 9.79. The van der Waals surface area contributed by atoms with Crippen LogP contribution >= 0.6 is 0 Å². The molecule has 0 radical (unpaired) electrons. The minimum atomic E-state index is 1.18. The summed E-state index contributed by atoms with van der Waals surface area (Å²) in [5.74, 6) is 0. The SMILES string of the molecule is c1ccc(-c2cccc(-c3cc(-c4ccccc4)cc(-c4c5ccccc5c(-c5c6ccccc6c(-c6cc(-c7ccccc7)cc(-c7cccc(-c8ccccc8)c7)c6)c6ccccc56)c5ccccc45)c3)c2)cc1. The molecule has 0 nitrogen and oxygen atoms in total. The molecule has 14 rings (SSSR count). The van der Waals surface area contributed by atoms with Crippen molar-refractivity contribution < 1.29 is 0 Å². The maximum atomic E-state index is 2.42. The highest BCUT2D eigenvalue weighted by molar-refractivity contribution is 6.30. The van der Waals surface area contributed by atoms with Crippen molar-refractivity contribution in [3.8, 4) is 100 Å². The summed E-state index contributed by atoms with van der Waals surface area (Å²) in [5.41, 5.74) is 21.7. The Kier molecular flexibility index (Phi) is 11.3. The zero-order chi connectivity index (χ0) is 50.4. The summed E-state index contributed by atoms with van der Waals surface area (Å²) in [6, 6.07) is 112. The van der Waals surface area contributed by atoms with E-state index in [-0.39, 0.29) is 0 Å². The second kappa shape index (κ2) is 19.2. The lowest BCUT2D eigenvalue weighted by Crippen LogP contribution is -1.95. The Morgan fingerprint density at radius 1 is 0.105 bits per heavy atom. The van der Waals surface area contributed by atoms with Gasteiger partial charge in [-0.3, -0.25) is 0 Å². The zero-order valence-corrected chi connectivity index (χ0v) is 41.9. The van der Waals surface area contributed by atoms with Crippen LogP contribution in [0.3, 0.4) is 0 Å². The maximum absolute atomic E-state index is 2.42. The van der Waals surface area contributed by atoms with Gasteiger partial charge in [0.1, 0.15) is 0 Å². The van der Waals surface area contributed by atoms with Gasteiger partial charge < -0.3 is 0 Å². The molecule has 0 fully saturated rings. The molecule has 0 aliphatic rings. The topological polar surface area (TPSA) is 0 Å². The lowest BCUT2D eigenvalue weighted by molar-refractivity contribution is 1.57. The van der Waals surface area contributed by atoms with Crippen LogP contribution in [-0.4, -0.2) is 0 Å². The molecule has 14 aromatic carbocycles. The van der Waals surface area contributed by atoms with Crippen LogP contribution in [0.2, 0.25) is 0 Å². The molecule has 0 heteroatoms. The minimum absolute atomic E-state index is 1.18. The highest BCUT2D eigenvalue weighted by atomic mass is 14.3. The fourth-order valence-electron chi connectivity index (χ4n) is 11.9. The normalized spacial score (nSPS) is 11.4. The third kappa shape index (κ3) is 8.05. The molecule has 0 saturated carbocycles. The second-order valence-electron chi connectivity index (χ2n) is 19.9. The van der Waals surface area contributed by atoms with Crippen LogP contribution in [-0.2, 0) is 0 Å². The van der Waals surface area contributed by atoms with E-state index in [0.717, 1.165) is 0 Å². The highest BCUT2D eigenvalue weighted by Gasteiger charge is 2.24. The van der Waals surface area contributed by atoms with Crippen molar-refractivity contribution in [2.45, 2.75) is 0 Å². The summed E-state index contributed by atoms with van der Waals surface area (Å²) in [6.45, 7) is 0. The number of hydrogen-bond donors (Lipinski definition) is 0. The van der Waals surface area contributed by atoms with Crippen LogP contribution in [0.4, 0.5) is 0 Å². The first kappa shape index (κ1) is 44.8. The van der Waals surface area contributed by atoms with Gasteiger partial charge in [0.05, 0.1) is 0 Å². The summed E-state index contributed by atoms with van der Waals surface area (Å²) < 4.78 is 0. The number of hydrogen-bond acceptors (Lipinski definition) is 0. The molecule has 0 bridgehead atoms. The van der Waals surface area contributed by atoms with Crippen LogP contribution in [0.25, 0.3) is 143 Å². The number of benzene rings is 14. The van der Waals surface area contributed by atoms with Crippen molar-refractivity contribution in [3.05, 3.63) is 303 Å². The molecule has 14 aromatic rings. The number of rotatable bonds is 9. The van der Waals surface area contributed by atoms with Gasteiger partial charge in [0.25, 0.3) is 0 Å². The van der Waals surface area contributed by atoms with Crippen LogP contribution in [0, 0.1) is 0 Å². The maximum Gasteiger partial charge on any atom is -0.00139 e. The molecule has 0 atom stereocenters. The van der Waals surface area contributed by atoms with E-state index >= 15 is 0 Å². The average molecular weight is 963 g/mol. The van der Waals surface area contributed by atoms with Gasteiger partial charge in [-0.05, 0) is 192 Å². The van der Waals surface area contributed by atoms with E-state index in [1.807, 2.05) is 0 Å². The van der Waals surface area contributed by atoms with Crippen molar-refractivity contribution in [1.29, 1.82) is 0 Å². The van der Waals surface area contributed by atoms with E-state index in [1.165, 1.54) is 143 Å². The Hall–Kier alpha value is -9.88. The first-order chi connectivity index (χ1) is 37.7. The standard InChI is InChI=1S/C76H50/c1-5-23-51(24-6-1)55-31-21-33-57(43-55)61-45-59(53-27-9-3-10-28-53)47-63(49-61)73-65-35-13-17-39-69(65)75(70-40-18-14-36-66(70)73)76-71-41-19-15-37-67(71)74(68-38-16-20-42-72(68)76)64-48-60(54-29-11-4-12-30-54)46-62(50-64)58-34-22-32-56(44-58)52-25-7-2-8-26-52/h1-50H. The molecule has 0 heterocycles. The Labute approximate surface area is 444 Å². The van der Waals surface area contributed by atoms with Gasteiger partial charge in [0.15, 0.2) is 0 Å². The molecule has 0 aliphatic heterocycles. The van der Waals surface area contributed by atoms with Crippen molar-refractivity contribution in [2.75, 3.05) is 0 Å². The molecule has 0 N–H and O–H groups in total. The molecule has 0 saturated heterocycles. The van der Waals surface area contributed by atoms with Crippen molar-refractivity contribution in [1.82, 2.24) is 0 Å². The fraction of sp³-hybridized carbons (Fsp3) is 0. The third-order valence-electron chi connectivity index (χ3n) is 15.4. The molecule has 0 unspecified atom stereocenters. The summed E-state index contributed by atoms with van der Waals surface area (Å²) in [4.78, 5) is 0. The largest absolute Gasteiger partial charge is 0.0622 e. The Morgan fingerprint density at radius 2 is 0.276 bits per heavy atom. The van der Waals surface area contributed by atoms with E-state index in [4.69, 9.17) is 0 Å². The Balaban J connectivity index is 1.02. The van der Waals surface area contributed by atoms with Gasteiger partial charge in [-0.2, -0.15) is 0 Å². The van der Waals surface area contributed by atoms with Gasteiger partial charge in [-0.25, -0.2) is 0 Å². The van der Waals surface area contributed by atoms with E-state index in [2.05, 4.69) is 303 Å². The summed E-state index contributed by atoms with van der Waals surface area (Å²) >= 11 is 0. The zero-order valence-electron chi connectivity index (χ0n) is 41.9. The van der Waals surface area contributed by atoms with Gasteiger partial charge >= 0.3 is 0 Å². The number of fused-ring (bicyclic) bond motifs is 4. The monoisotopic (exact) mass is 962 g/mol. The van der Waals surface area contributed by atoms with Crippen molar-refractivity contribution in [3.63, 3.8) is 0 Å². The third-order valence-corrected chi connectivity index (χ3v) is 15.4. The lowest BCUT2D eigenvalue weighted by Gasteiger charge is -2.23. The van der Waals surface area contributed by atoms with Crippen molar-refractivity contribution in [2.24, 2.45) is 0 Å². The Bertz CT molecular complexity index is 4070. The van der Waals surface area contributed by atoms with Crippen molar-refractivity contribution >= 4 is 43.1 Å². The van der Waals surface area contributed by atoms with E-state index in [1.54, 1.807) is 0 Å². The van der Waals surface area contributed by atoms with Gasteiger partial charge in [-0.15, -0.1) is 0 Å². The minimum Gasteiger partial charge on any atom is -0.0622 e. The second-order valence-corrected chi connectivity index (χ2v) is 19.9. The van der Waals surface area contributed by atoms with Crippen LogP contribution in [0.15, 0.2) is 303 Å². The molecule has 0 aliphatic carbocycles. The quantitative estimate of drug-likeness (QED) is 0.126. The first-order valence-electron chi connectivity index (χ1n) is 26.3. The van der Waals surface area contributed by atoms with E-state index < -0.39 is 0 Å². The van der Waals surface area contributed by atoms with Gasteiger partial charge in [0.2, 0.25) is 0 Å². The first-order valence-corrected chi connectivity index (χ1v) is 26.3. The molecular weight excluding hydrogens is 913 g/mol. The molecule has 76 heavy (non-hydrogen) atoms. The predicted octanol–water partition coefficient (Wildman–Crippen LogP) is 21.3. The van der Waals surface area contributed by atoms with Gasteiger partial charge in [0, 0.05) is 0 Å². The van der Waals surface area contributed by atoms with E-state index in [9.17, 15) is 0 Å². The molecule has 0 aromatic heterocycles. The van der Waals surface area contributed by atoms with Gasteiger partial charge in [-0.1, -0.05) is 255 Å². The van der Waals surface area contributed by atoms with E-state index in [0.29, 0.717) is 0 Å². The molecule has 0 spiro atoms.